The van der Waals surface area contributed by atoms with E-state index in [1.807, 2.05) is 6.92 Å². The second-order valence-corrected chi connectivity index (χ2v) is 7.37. The molecule has 0 saturated carbocycles. The number of carbonyl (C=O) groups excluding carboxylic acids is 2. The van der Waals surface area contributed by atoms with E-state index < -0.39 is 6.04 Å². The summed E-state index contributed by atoms with van der Waals surface area (Å²) in [6.45, 7) is 4.35. The molecule has 0 unspecified atom stereocenters. The monoisotopic (exact) mass is 424 g/mol. The van der Waals surface area contributed by atoms with Gasteiger partial charge in [-0.2, -0.15) is 0 Å². The Morgan fingerprint density at radius 2 is 1.82 bits per heavy atom. The van der Waals surface area contributed by atoms with Crippen LogP contribution in [0, 0.1) is 5.82 Å². The molecule has 0 aliphatic carbocycles. The Hall–Kier alpha value is -2.11. The van der Waals surface area contributed by atoms with Gasteiger partial charge in [0, 0.05) is 23.1 Å². The van der Waals surface area contributed by atoms with Gasteiger partial charge in [0.2, 0.25) is 11.8 Å². The molecule has 0 spiro atoms. The van der Waals surface area contributed by atoms with Crippen molar-refractivity contribution in [2.75, 3.05) is 6.54 Å². The molecule has 2 amide bonds. The molecule has 1 atom stereocenters. The van der Waals surface area contributed by atoms with Crippen molar-refractivity contribution in [3.05, 3.63) is 69.5 Å². The number of carbonyl (C=O) groups is 2. The van der Waals surface area contributed by atoms with Gasteiger partial charge in [0.15, 0.2) is 0 Å². The van der Waals surface area contributed by atoms with Gasteiger partial charge in [0.05, 0.1) is 6.42 Å². The summed E-state index contributed by atoms with van der Waals surface area (Å²) in [5.41, 5.74) is 1.36. The van der Waals surface area contributed by atoms with Gasteiger partial charge < -0.3 is 10.2 Å². The van der Waals surface area contributed by atoms with Crippen LogP contribution in [0.4, 0.5) is 4.39 Å². The molecule has 2 aromatic rings. The maximum atomic E-state index is 13.2. The zero-order chi connectivity index (χ0) is 20.7. The third kappa shape index (κ3) is 6.21. The summed E-state index contributed by atoms with van der Waals surface area (Å²) in [6, 6.07) is 10.1. The highest BCUT2D eigenvalue weighted by Gasteiger charge is 2.26. The fourth-order valence-corrected chi connectivity index (χ4v) is 3.17. The smallest absolute Gasteiger partial charge is 0.242 e. The second kappa shape index (κ2) is 10.4. The lowest BCUT2D eigenvalue weighted by Gasteiger charge is -2.29. The molecule has 0 aliphatic heterocycles. The highest BCUT2D eigenvalue weighted by Crippen LogP contribution is 2.22. The molecule has 2 rings (SSSR count). The van der Waals surface area contributed by atoms with Crippen LogP contribution >= 0.6 is 23.2 Å². The molecule has 0 aliphatic rings. The number of halogens is 3. The lowest BCUT2D eigenvalue weighted by atomic mass is 10.1. The fourth-order valence-electron chi connectivity index (χ4n) is 2.69. The number of hydrogen-bond acceptors (Lipinski definition) is 2. The predicted molar refractivity (Wildman–Crippen MR) is 110 cm³/mol. The van der Waals surface area contributed by atoms with Crippen LogP contribution in [-0.2, 0) is 22.6 Å². The van der Waals surface area contributed by atoms with E-state index in [4.69, 9.17) is 23.2 Å². The minimum absolute atomic E-state index is 0.0304. The van der Waals surface area contributed by atoms with Gasteiger partial charge in [-0.25, -0.2) is 4.39 Å². The van der Waals surface area contributed by atoms with E-state index in [1.165, 1.54) is 17.0 Å². The van der Waals surface area contributed by atoms with Crippen molar-refractivity contribution in [3.8, 4) is 0 Å². The third-order valence-electron chi connectivity index (χ3n) is 4.34. The van der Waals surface area contributed by atoms with Crippen molar-refractivity contribution in [3.63, 3.8) is 0 Å². The van der Waals surface area contributed by atoms with Gasteiger partial charge in [-0.05, 0) is 48.7 Å². The van der Waals surface area contributed by atoms with Gasteiger partial charge >= 0.3 is 0 Å². The molecule has 4 nitrogen and oxygen atoms in total. The summed E-state index contributed by atoms with van der Waals surface area (Å²) < 4.78 is 13.2. The van der Waals surface area contributed by atoms with E-state index in [0.717, 1.165) is 12.0 Å². The zero-order valence-electron chi connectivity index (χ0n) is 15.8. The Morgan fingerprint density at radius 3 is 2.43 bits per heavy atom. The standard InChI is InChI=1S/C21H23Cl2FN2O2/c1-3-10-25-21(28)14(2)26(13-15-4-8-18(24)9-5-15)20(27)11-16-6-7-17(22)12-19(16)23/h4-9,12,14H,3,10-11,13H2,1-2H3,(H,25,28)/t14-/m0/s1. The summed E-state index contributed by atoms with van der Waals surface area (Å²) >= 11 is 12.1. The minimum Gasteiger partial charge on any atom is -0.354 e. The van der Waals surface area contributed by atoms with Crippen LogP contribution in [0.2, 0.25) is 10.0 Å². The molecule has 0 bridgehead atoms. The molecule has 1 N–H and O–H groups in total. The van der Waals surface area contributed by atoms with Crippen molar-refractivity contribution in [1.29, 1.82) is 0 Å². The fraction of sp³-hybridized carbons (Fsp3) is 0.333. The Kier molecular flexibility index (Phi) is 8.27. The summed E-state index contributed by atoms with van der Waals surface area (Å²) in [4.78, 5) is 26.9. The average molecular weight is 425 g/mol. The van der Waals surface area contributed by atoms with Crippen molar-refractivity contribution in [1.82, 2.24) is 10.2 Å². The van der Waals surface area contributed by atoms with Crippen molar-refractivity contribution in [2.45, 2.75) is 39.3 Å². The number of hydrogen-bond donors (Lipinski definition) is 1. The van der Waals surface area contributed by atoms with Crippen LogP contribution in [0.5, 0.6) is 0 Å². The minimum atomic E-state index is -0.685. The lowest BCUT2D eigenvalue weighted by molar-refractivity contribution is -0.140. The van der Waals surface area contributed by atoms with E-state index >= 15 is 0 Å². The maximum Gasteiger partial charge on any atom is 0.242 e. The normalized spacial score (nSPS) is 11.8. The molecule has 2 aromatic carbocycles. The molecule has 0 fully saturated rings. The summed E-state index contributed by atoms with van der Waals surface area (Å²) in [5, 5.41) is 3.69. The van der Waals surface area contributed by atoms with Crippen molar-refractivity contribution < 1.29 is 14.0 Å². The molecule has 0 aromatic heterocycles. The van der Waals surface area contributed by atoms with Crippen molar-refractivity contribution in [2.24, 2.45) is 0 Å². The van der Waals surface area contributed by atoms with Gasteiger partial charge in [0.25, 0.3) is 0 Å². The molecule has 0 saturated heterocycles. The van der Waals surface area contributed by atoms with E-state index in [9.17, 15) is 14.0 Å². The van der Waals surface area contributed by atoms with Crippen molar-refractivity contribution >= 4 is 35.0 Å². The highest BCUT2D eigenvalue weighted by atomic mass is 35.5. The van der Waals surface area contributed by atoms with Gasteiger partial charge in [-0.3, -0.25) is 9.59 Å². The topological polar surface area (TPSA) is 49.4 Å². The van der Waals surface area contributed by atoms with Crippen LogP contribution in [-0.4, -0.2) is 29.3 Å². The second-order valence-electron chi connectivity index (χ2n) is 6.53. The molecular formula is C21H23Cl2FN2O2. The summed E-state index contributed by atoms with van der Waals surface area (Å²) in [7, 11) is 0. The summed E-state index contributed by atoms with van der Waals surface area (Å²) in [6.07, 6.45) is 0.827. The van der Waals surface area contributed by atoms with Crippen LogP contribution in [0.3, 0.4) is 0 Å². The van der Waals surface area contributed by atoms with E-state index in [1.54, 1.807) is 37.3 Å². The molecule has 150 valence electrons. The Morgan fingerprint density at radius 1 is 1.14 bits per heavy atom. The number of nitrogens with one attached hydrogen (secondary N) is 1. The number of amides is 2. The Labute approximate surface area is 174 Å². The first-order valence-corrected chi connectivity index (χ1v) is 9.83. The third-order valence-corrected chi connectivity index (χ3v) is 4.93. The van der Waals surface area contributed by atoms with Crippen LogP contribution < -0.4 is 5.32 Å². The van der Waals surface area contributed by atoms with E-state index in [0.29, 0.717) is 22.2 Å². The van der Waals surface area contributed by atoms with E-state index in [-0.39, 0.29) is 30.6 Å². The SMILES string of the molecule is CCCNC(=O)[C@H](C)N(Cc1ccc(F)cc1)C(=O)Cc1ccc(Cl)cc1Cl. The average Bonchev–Trinajstić information content (AvgIpc) is 2.67. The Balaban J connectivity index is 2.23. The molecule has 0 heterocycles. The molecule has 28 heavy (non-hydrogen) atoms. The number of rotatable bonds is 8. The summed E-state index contributed by atoms with van der Waals surface area (Å²) in [5.74, 6) is -0.851. The van der Waals surface area contributed by atoms with Gasteiger partial charge in [-0.1, -0.05) is 48.3 Å². The largest absolute Gasteiger partial charge is 0.354 e. The first kappa shape index (κ1) is 22.2. The van der Waals surface area contributed by atoms with E-state index in [2.05, 4.69) is 5.32 Å². The molecular weight excluding hydrogens is 402 g/mol. The Bertz CT molecular complexity index is 828. The van der Waals surface area contributed by atoms with Crippen LogP contribution in [0.15, 0.2) is 42.5 Å². The molecule has 0 radical (unpaired) electrons. The predicted octanol–water partition coefficient (Wildman–Crippen LogP) is 4.62. The van der Waals surface area contributed by atoms with Gasteiger partial charge in [-0.15, -0.1) is 0 Å². The highest BCUT2D eigenvalue weighted by molar-refractivity contribution is 6.35. The lowest BCUT2D eigenvalue weighted by Crippen LogP contribution is -2.48. The maximum absolute atomic E-state index is 13.2. The molecule has 7 heteroatoms. The van der Waals surface area contributed by atoms with Crippen LogP contribution in [0.25, 0.3) is 0 Å². The number of benzene rings is 2. The quantitative estimate of drug-likeness (QED) is 0.671. The van der Waals surface area contributed by atoms with Crippen LogP contribution in [0.1, 0.15) is 31.4 Å². The first-order valence-electron chi connectivity index (χ1n) is 9.07. The first-order chi connectivity index (χ1) is 13.3. The zero-order valence-corrected chi connectivity index (χ0v) is 17.4. The van der Waals surface area contributed by atoms with Gasteiger partial charge in [0.1, 0.15) is 11.9 Å². The number of nitrogens with zero attached hydrogens (tertiary/aromatic N) is 1.